The molecule has 0 saturated carbocycles. The molecule has 0 atom stereocenters. The minimum atomic E-state index is 0.0856. The molecule has 76 valence electrons. The maximum atomic E-state index is 5.89. The van der Waals surface area contributed by atoms with Crippen LogP contribution in [-0.2, 0) is 4.74 Å². The van der Waals surface area contributed by atoms with Gasteiger partial charge >= 0.3 is 0 Å². The molecule has 0 fully saturated rings. The summed E-state index contributed by atoms with van der Waals surface area (Å²) in [5.74, 6) is 0. The van der Waals surface area contributed by atoms with Gasteiger partial charge in [0, 0.05) is 5.69 Å². The summed E-state index contributed by atoms with van der Waals surface area (Å²) in [5, 5.41) is 0.473. The van der Waals surface area contributed by atoms with Crippen molar-refractivity contribution < 1.29 is 4.74 Å². The standard InChI is InChI=1S/C11H15NOS/c1-7(2)13-11(14)9-6-4-5-8(3)10(9)12/h4-7H,12H2,1-3H3. The Balaban J connectivity index is 2.96. The van der Waals surface area contributed by atoms with E-state index in [-0.39, 0.29) is 6.10 Å². The molecule has 14 heavy (non-hydrogen) atoms. The normalized spacial score (nSPS) is 10.3. The topological polar surface area (TPSA) is 35.2 Å². The molecule has 1 rings (SSSR count). The first-order valence-electron chi connectivity index (χ1n) is 4.58. The lowest BCUT2D eigenvalue weighted by Crippen LogP contribution is -2.12. The second-order valence-corrected chi connectivity index (χ2v) is 3.86. The second-order valence-electron chi connectivity index (χ2n) is 3.49. The molecule has 0 unspecified atom stereocenters. The Morgan fingerprint density at radius 2 is 2.07 bits per heavy atom. The van der Waals surface area contributed by atoms with Crippen LogP contribution < -0.4 is 5.73 Å². The summed E-state index contributed by atoms with van der Waals surface area (Å²) >= 11 is 5.14. The maximum Gasteiger partial charge on any atom is 0.193 e. The number of hydrogen-bond acceptors (Lipinski definition) is 3. The van der Waals surface area contributed by atoms with Crippen LogP contribution in [0.4, 0.5) is 5.69 Å². The molecule has 0 aliphatic rings. The Morgan fingerprint density at radius 1 is 1.43 bits per heavy atom. The van der Waals surface area contributed by atoms with Gasteiger partial charge < -0.3 is 10.5 Å². The van der Waals surface area contributed by atoms with Crippen molar-refractivity contribution in [2.24, 2.45) is 0 Å². The molecule has 1 aromatic carbocycles. The Bertz CT molecular complexity index is 347. The molecule has 1 aromatic rings. The second kappa shape index (κ2) is 4.42. The fourth-order valence-electron chi connectivity index (χ4n) is 1.14. The lowest BCUT2D eigenvalue weighted by Gasteiger charge is -2.13. The molecule has 0 aliphatic heterocycles. The van der Waals surface area contributed by atoms with Crippen LogP contribution in [0.25, 0.3) is 0 Å². The van der Waals surface area contributed by atoms with E-state index in [9.17, 15) is 0 Å². The third kappa shape index (κ3) is 2.45. The first kappa shape index (κ1) is 11.0. The van der Waals surface area contributed by atoms with Gasteiger partial charge in [-0.2, -0.15) is 0 Å². The fraction of sp³-hybridized carbons (Fsp3) is 0.364. The fourth-order valence-corrected chi connectivity index (χ4v) is 1.51. The predicted octanol–water partition coefficient (Wildman–Crippen LogP) is 2.68. The van der Waals surface area contributed by atoms with E-state index < -0.39 is 0 Å². The summed E-state index contributed by atoms with van der Waals surface area (Å²) in [6, 6.07) is 5.76. The Labute approximate surface area is 90.1 Å². The van der Waals surface area contributed by atoms with Gasteiger partial charge in [0.2, 0.25) is 0 Å². The minimum absolute atomic E-state index is 0.0856. The van der Waals surface area contributed by atoms with Gasteiger partial charge in [-0.3, -0.25) is 0 Å². The molecular formula is C11H15NOS. The Morgan fingerprint density at radius 3 is 2.64 bits per heavy atom. The molecule has 0 heterocycles. The van der Waals surface area contributed by atoms with Gasteiger partial charge in [-0.05, 0) is 44.6 Å². The van der Waals surface area contributed by atoms with E-state index in [0.717, 1.165) is 11.1 Å². The molecule has 0 amide bonds. The monoisotopic (exact) mass is 209 g/mol. The molecule has 3 heteroatoms. The van der Waals surface area contributed by atoms with E-state index in [2.05, 4.69) is 0 Å². The minimum Gasteiger partial charge on any atom is -0.480 e. The van der Waals surface area contributed by atoms with Gasteiger partial charge in [0.25, 0.3) is 0 Å². The third-order valence-corrected chi connectivity index (χ3v) is 2.20. The van der Waals surface area contributed by atoms with E-state index in [1.54, 1.807) is 0 Å². The quantitative estimate of drug-likeness (QED) is 0.601. The highest BCUT2D eigenvalue weighted by molar-refractivity contribution is 7.80. The number of ether oxygens (including phenoxy) is 1. The largest absolute Gasteiger partial charge is 0.480 e. The van der Waals surface area contributed by atoms with Crippen molar-refractivity contribution in [3.05, 3.63) is 29.3 Å². The summed E-state index contributed by atoms with van der Waals surface area (Å²) < 4.78 is 5.42. The van der Waals surface area contributed by atoms with Crippen molar-refractivity contribution in [2.45, 2.75) is 26.9 Å². The lowest BCUT2D eigenvalue weighted by molar-refractivity contribution is 0.236. The van der Waals surface area contributed by atoms with E-state index in [1.807, 2.05) is 39.0 Å². The zero-order valence-corrected chi connectivity index (χ0v) is 9.52. The number of nitrogens with two attached hydrogens (primary N) is 1. The first-order valence-corrected chi connectivity index (χ1v) is 4.99. The molecular weight excluding hydrogens is 194 g/mol. The number of aryl methyl sites for hydroxylation is 1. The van der Waals surface area contributed by atoms with Gasteiger partial charge in [0.1, 0.15) is 0 Å². The number of para-hydroxylation sites is 1. The van der Waals surface area contributed by atoms with E-state index in [1.165, 1.54) is 0 Å². The maximum absolute atomic E-state index is 5.89. The third-order valence-electron chi connectivity index (χ3n) is 1.89. The van der Waals surface area contributed by atoms with Crippen LogP contribution in [0.1, 0.15) is 25.0 Å². The average Bonchev–Trinajstić information content (AvgIpc) is 2.08. The SMILES string of the molecule is Cc1cccc(C(=S)OC(C)C)c1N. The van der Waals surface area contributed by atoms with Crippen molar-refractivity contribution in [3.63, 3.8) is 0 Å². The Kier molecular flexibility index (Phi) is 3.47. The summed E-state index contributed by atoms with van der Waals surface area (Å²) in [7, 11) is 0. The highest BCUT2D eigenvalue weighted by atomic mass is 32.1. The molecule has 0 bridgehead atoms. The summed E-state index contributed by atoms with van der Waals surface area (Å²) in [6.07, 6.45) is 0.0856. The molecule has 2 N–H and O–H groups in total. The zero-order valence-electron chi connectivity index (χ0n) is 8.70. The van der Waals surface area contributed by atoms with Crippen molar-refractivity contribution in [1.82, 2.24) is 0 Å². The predicted molar refractivity (Wildman–Crippen MR) is 63.5 cm³/mol. The molecule has 0 aliphatic carbocycles. The van der Waals surface area contributed by atoms with Crippen LogP contribution in [0.3, 0.4) is 0 Å². The molecule has 2 nitrogen and oxygen atoms in total. The summed E-state index contributed by atoms with van der Waals surface area (Å²) in [4.78, 5) is 0. The number of thiocarbonyl (C=S) groups is 1. The molecule has 0 spiro atoms. The lowest BCUT2D eigenvalue weighted by atomic mass is 10.1. The van der Waals surface area contributed by atoms with E-state index in [4.69, 9.17) is 22.7 Å². The van der Waals surface area contributed by atoms with Crippen LogP contribution in [0.5, 0.6) is 0 Å². The van der Waals surface area contributed by atoms with Gasteiger partial charge in [-0.25, -0.2) is 0 Å². The average molecular weight is 209 g/mol. The van der Waals surface area contributed by atoms with Crippen molar-refractivity contribution in [2.75, 3.05) is 5.73 Å². The highest BCUT2D eigenvalue weighted by Crippen LogP contribution is 2.18. The molecule has 0 saturated heterocycles. The van der Waals surface area contributed by atoms with Gasteiger partial charge in [-0.15, -0.1) is 0 Å². The number of rotatable bonds is 2. The highest BCUT2D eigenvalue weighted by Gasteiger charge is 2.09. The number of hydrogen-bond donors (Lipinski definition) is 1. The summed E-state index contributed by atoms with van der Waals surface area (Å²) in [5.41, 5.74) is 8.44. The smallest absolute Gasteiger partial charge is 0.193 e. The van der Waals surface area contributed by atoms with Gasteiger partial charge in [-0.1, -0.05) is 12.1 Å². The Hall–Kier alpha value is -1.09. The van der Waals surface area contributed by atoms with Crippen molar-refractivity contribution in [1.29, 1.82) is 0 Å². The van der Waals surface area contributed by atoms with Crippen LogP contribution in [0.2, 0.25) is 0 Å². The number of benzene rings is 1. The van der Waals surface area contributed by atoms with Crippen LogP contribution in [-0.4, -0.2) is 11.2 Å². The van der Waals surface area contributed by atoms with Crippen LogP contribution in [0.15, 0.2) is 18.2 Å². The van der Waals surface area contributed by atoms with Gasteiger partial charge in [0.05, 0.1) is 11.7 Å². The number of nitrogen functional groups attached to an aromatic ring is 1. The van der Waals surface area contributed by atoms with E-state index in [0.29, 0.717) is 10.7 Å². The summed E-state index contributed by atoms with van der Waals surface area (Å²) in [6.45, 7) is 5.84. The molecule has 0 radical (unpaired) electrons. The van der Waals surface area contributed by atoms with Crippen molar-refractivity contribution in [3.8, 4) is 0 Å². The first-order chi connectivity index (χ1) is 6.52. The van der Waals surface area contributed by atoms with Crippen LogP contribution in [0, 0.1) is 6.92 Å². The van der Waals surface area contributed by atoms with Crippen molar-refractivity contribution >= 4 is 23.0 Å². The van der Waals surface area contributed by atoms with Gasteiger partial charge in [0.15, 0.2) is 5.05 Å². The zero-order chi connectivity index (χ0) is 10.7. The van der Waals surface area contributed by atoms with Crippen LogP contribution >= 0.6 is 12.2 Å². The number of anilines is 1. The molecule has 0 aromatic heterocycles. The van der Waals surface area contributed by atoms with E-state index >= 15 is 0 Å².